The number of fused-ring (bicyclic) bond motifs is 1. The molecule has 0 radical (unpaired) electrons. The minimum Gasteiger partial charge on any atom is -0.313 e. The minimum atomic E-state index is 0.992. The molecule has 1 N–H and O–H groups in total. The maximum atomic E-state index is 3.44. The zero-order valence-electron chi connectivity index (χ0n) is 8.42. The van der Waals surface area contributed by atoms with Crippen molar-refractivity contribution in [1.29, 1.82) is 0 Å². The number of hydrogen-bond acceptors (Lipinski definition) is 2. The van der Waals surface area contributed by atoms with Gasteiger partial charge in [-0.15, -0.1) is 11.3 Å². The van der Waals surface area contributed by atoms with Gasteiger partial charge in [0.05, 0.1) is 0 Å². The third-order valence-electron chi connectivity index (χ3n) is 2.30. The molecule has 1 aromatic heterocycles. The van der Waals surface area contributed by atoms with Gasteiger partial charge in [-0.05, 0) is 35.4 Å². The number of rotatable bonds is 4. The highest BCUT2D eigenvalue weighted by Gasteiger charge is 2.00. The van der Waals surface area contributed by atoms with Gasteiger partial charge in [-0.2, -0.15) is 0 Å². The fourth-order valence-electron chi connectivity index (χ4n) is 1.59. The molecule has 0 amide bonds. The lowest BCUT2D eigenvalue weighted by Crippen LogP contribution is -2.13. The van der Waals surface area contributed by atoms with Gasteiger partial charge in [0.1, 0.15) is 0 Å². The van der Waals surface area contributed by atoms with Crippen LogP contribution in [0.15, 0.2) is 29.6 Å². The van der Waals surface area contributed by atoms with Gasteiger partial charge in [-0.1, -0.05) is 25.1 Å². The zero-order valence-corrected chi connectivity index (χ0v) is 9.23. The van der Waals surface area contributed by atoms with Crippen LogP contribution in [-0.2, 0) is 6.54 Å². The van der Waals surface area contributed by atoms with Crippen LogP contribution < -0.4 is 5.32 Å². The molecule has 0 saturated heterocycles. The lowest BCUT2D eigenvalue weighted by Gasteiger charge is -2.04. The molecule has 0 unspecified atom stereocenters. The first kappa shape index (κ1) is 9.69. The lowest BCUT2D eigenvalue weighted by atomic mass is 10.1. The summed E-state index contributed by atoms with van der Waals surface area (Å²) in [5.41, 5.74) is 1.42. The van der Waals surface area contributed by atoms with E-state index in [0.29, 0.717) is 0 Å². The van der Waals surface area contributed by atoms with E-state index in [9.17, 15) is 0 Å². The topological polar surface area (TPSA) is 12.0 Å². The highest BCUT2D eigenvalue weighted by atomic mass is 32.1. The quantitative estimate of drug-likeness (QED) is 0.754. The molecule has 0 fully saturated rings. The molecule has 1 aromatic carbocycles. The molecule has 14 heavy (non-hydrogen) atoms. The van der Waals surface area contributed by atoms with E-state index in [4.69, 9.17) is 0 Å². The van der Waals surface area contributed by atoms with Crippen molar-refractivity contribution < 1.29 is 0 Å². The first-order chi connectivity index (χ1) is 6.92. The van der Waals surface area contributed by atoms with E-state index in [1.54, 1.807) is 0 Å². The van der Waals surface area contributed by atoms with Crippen molar-refractivity contribution in [2.45, 2.75) is 19.9 Å². The van der Waals surface area contributed by atoms with E-state index in [0.717, 1.165) is 13.1 Å². The van der Waals surface area contributed by atoms with E-state index in [2.05, 4.69) is 41.9 Å². The summed E-state index contributed by atoms with van der Waals surface area (Å²) >= 11 is 1.83. The third-order valence-corrected chi connectivity index (χ3v) is 3.31. The molecule has 0 atom stereocenters. The van der Waals surface area contributed by atoms with Crippen molar-refractivity contribution >= 4 is 21.4 Å². The third kappa shape index (κ3) is 1.97. The number of benzene rings is 1. The fraction of sp³-hybridized carbons (Fsp3) is 0.333. The second-order valence-electron chi connectivity index (χ2n) is 3.43. The highest BCUT2D eigenvalue weighted by Crippen LogP contribution is 2.24. The zero-order chi connectivity index (χ0) is 9.80. The molecule has 74 valence electrons. The van der Waals surface area contributed by atoms with Crippen LogP contribution in [0.25, 0.3) is 10.1 Å². The van der Waals surface area contributed by atoms with Crippen LogP contribution in [0.5, 0.6) is 0 Å². The van der Waals surface area contributed by atoms with Crippen molar-refractivity contribution in [2.75, 3.05) is 6.54 Å². The lowest BCUT2D eigenvalue weighted by molar-refractivity contribution is 0.678. The predicted octanol–water partition coefficient (Wildman–Crippen LogP) is 3.40. The van der Waals surface area contributed by atoms with E-state index >= 15 is 0 Å². The Morgan fingerprint density at radius 1 is 1.29 bits per heavy atom. The Morgan fingerprint density at radius 3 is 3.07 bits per heavy atom. The summed E-state index contributed by atoms with van der Waals surface area (Å²) < 4.78 is 1.43. The van der Waals surface area contributed by atoms with E-state index in [-0.39, 0.29) is 0 Å². The minimum absolute atomic E-state index is 0.992. The van der Waals surface area contributed by atoms with Gasteiger partial charge >= 0.3 is 0 Å². The van der Waals surface area contributed by atoms with Crippen LogP contribution in [0.2, 0.25) is 0 Å². The monoisotopic (exact) mass is 205 g/mol. The van der Waals surface area contributed by atoms with Crippen molar-refractivity contribution in [3.63, 3.8) is 0 Å². The molecule has 0 bridgehead atoms. The maximum absolute atomic E-state index is 3.44. The summed E-state index contributed by atoms with van der Waals surface area (Å²) in [6.07, 6.45) is 1.19. The molecular formula is C12H15NS. The summed E-state index contributed by atoms with van der Waals surface area (Å²) in [4.78, 5) is 0. The van der Waals surface area contributed by atoms with Gasteiger partial charge in [0.25, 0.3) is 0 Å². The van der Waals surface area contributed by atoms with Crippen molar-refractivity contribution in [3.05, 3.63) is 35.2 Å². The Labute approximate surface area is 88.8 Å². The number of thiophene rings is 1. The van der Waals surface area contributed by atoms with Gasteiger partial charge < -0.3 is 5.32 Å². The van der Waals surface area contributed by atoms with Crippen LogP contribution >= 0.6 is 11.3 Å². The van der Waals surface area contributed by atoms with Crippen LogP contribution in [0, 0.1) is 0 Å². The standard InChI is InChI=1S/C12H15NS/c1-2-7-13-9-11-5-3-4-10-6-8-14-12(10)11/h3-6,8,13H,2,7,9H2,1H3. The predicted molar refractivity (Wildman–Crippen MR) is 63.8 cm³/mol. The Kier molecular flexibility index (Phi) is 3.17. The SMILES string of the molecule is CCCNCc1cccc2ccsc12. The number of nitrogens with one attached hydrogen (secondary N) is 1. The summed E-state index contributed by atoms with van der Waals surface area (Å²) in [7, 11) is 0. The summed E-state index contributed by atoms with van der Waals surface area (Å²) in [5.74, 6) is 0. The van der Waals surface area contributed by atoms with E-state index < -0.39 is 0 Å². The molecule has 0 aliphatic rings. The average Bonchev–Trinajstić information content (AvgIpc) is 2.67. The van der Waals surface area contributed by atoms with Gasteiger partial charge in [-0.25, -0.2) is 0 Å². The van der Waals surface area contributed by atoms with Gasteiger partial charge in [-0.3, -0.25) is 0 Å². The fourth-order valence-corrected chi connectivity index (χ4v) is 2.51. The molecule has 2 heteroatoms. The molecule has 0 aliphatic carbocycles. The van der Waals surface area contributed by atoms with Crippen molar-refractivity contribution in [2.24, 2.45) is 0 Å². The Balaban J connectivity index is 2.19. The Bertz CT molecular complexity index is 405. The van der Waals surface area contributed by atoms with E-state index in [1.165, 1.54) is 22.1 Å². The van der Waals surface area contributed by atoms with E-state index in [1.807, 2.05) is 11.3 Å². The van der Waals surface area contributed by atoms with Crippen LogP contribution in [0.4, 0.5) is 0 Å². The summed E-state index contributed by atoms with van der Waals surface area (Å²) in [5, 5.41) is 6.97. The molecule has 0 spiro atoms. The molecule has 1 heterocycles. The molecule has 0 saturated carbocycles. The smallest absolute Gasteiger partial charge is 0.0387 e. The normalized spacial score (nSPS) is 10.9. The van der Waals surface area contributed by atoms with Crippen LogP contribution in [0.1, 0.15) is 18.9 Å². The van der Waals surface area contributed by atoms with Gasteiger partial charge in [0.15, 0.2) is 0 Å². The molecule has 1 nitrogen and oxygen atoms in total. The Hall–Kier alpha value is -0.860. The molecule has 2 rings (SSSR count). The number of hydrogen-bond donors (Lipinski definition) is 1. The summed E-state index contributed by atoms with van der Waals surface area (Å²) in [6, 6.07) is 8.71. The highest BCUT2D eigenvalue weighted by molar-refractivity contribution is 7.17. The largest absolute Gasteiger partial charge is 0.313 e. The van der Waals surface area contributed by atoms with Crippen LogP contribution in [-0.4, -0.2) is 6.54 Å². The maximum Gasteiger partial charge on any atom is 0.0387 e. The summed E-state index contributed by atoms with van der Waals surface area (Å²) in [6.45, 7) is 4.28. The second-order valence-corrected chi connectivity index (χ2v) is 4.35. The van der Waals surface area contributed by atoms with Crippen molar-refractivity contribution in [3.8, 4) is 0 Å². The molecule has 0 aliphatic heterocycles. The first-order valence-electron chi connectivity index (χ1n) is 5.07. The van der Waals surface area contributed by atoms with Gasteiger partial charge in [0, 0.05) is 11.2 Å². The van der Waals surface area contributed by atoms with Crippen LogP contribution in [0.3, 0.4) is 0 Å². The van der Waals surface area contributed by atoms with Crippen molar-refractivity contribution in [1.82, 2.24) is 5.32 Å². The molecule has 2 aromatic rings. The first-order valence-corrected chi connectivity index (χ1v) is 5.95. The van der Waals surface area contributed by atoms with Gasteiger partial charge in [0.2, 0.25) is 0 Å². The second kappa shape index (κ2) is 4.58. The Morgan fingerprint density at radius 2 is 2.21 bits per heavy atom. The molecular weight excluding hydrogens is 190 g/mol. The average molecular weight is 205 g/mol.